The molecule has 0 radical (unpaired) electrons. The van der Waals surface area contributed by atoms with Crippen LogP contribution in [0.4, 0.5) is 4.79 Å². The molecule has 160 valence electrons. The predicted octanol–water partition coefficient (Wildman–Crippen LogP) is 2.12. The van der Waals surface area contributed by atoms with Crippen molar-refractivity contribution >= 4 is 18.0 Å². The summed E-state index contributed by atoms with van der Waals surface area (Å²) in [6.45, 7) is 13.5. The summed E-state index contributed by atoms with van der Waals surface area (Å²) in [6, 6.07) is -1.85. The Balaban J connectivity index is 2.26. The van der Waals surface area contributed by atoms with Crippen molar-refractivity contribution in [1.29, 1.82) is 0 Å². The number of likely N-dealkylation sites (tertiary alicyclic amines) is 1. The molecule has 1 heterocycles. The molecule has 0 unspecified atom stereocenters. The first kappa shape index (κ1) is 22.5. The molecule has 0 bridgehead atoms. The van der Waals surface area contributed by atoms with E-state index in [9.17, 15) is 19.5 Å². The highest BCUT2D eigenvalue weighted by Gasteiger charge is 2.70. The SMILES string of the molecule is COCC(C)(C)[C@H](NC(=O)OC(C)(C)C)C(=O)N1C[C@H]2[C@@H]([C@H]1C(=O)O)C2(C)C. The van der Waals surface area contributed by atoms with Crippen LogP contribution in [0.2, 0.25) is 0 Å². The lowest BCUT2D eigenvalue weighted by Gasteiger charge is -2.38. The molecule has 2 rings (SSSR count). The summed E-state index contributed by atoms with van der Waals surface area (Å²) < 4.78 is 10.6. The van der Waals surface area contributed by atoms with Crippen molar-refractivity contribution in [2.45, 2.75) is 66.2 Å². The van der Waals surface area contributed by atoms with Gasteiger partial charge in [0.1, 0.15) is 17.7 Å². The van der Waals surface area contributed by atoms with Crippen molar-refractivity contribution in [1.82, 2.24) is 10.2 Å². The minimum Gasteiger partial charge on any atom is -0.480 e. The van der Waals surface area contributed by atoms with E-state index in [0.717, 1.165) is 0 Å². The number of carboxylic acid groups (broad SMARTS) is 1. The normalized spacial score (nSPS) is 27.0. The molecule has 28 heavy (non-hydrogen) atoms. The number of piperidine rings is 1. The molecule has 0 spiro atoms. The van der Waals surface area contributed by atoms with Crippen molar-refractivity contribution in [3.05, 3.63) is 0 Å². The van der Waals surface area contributed by atoms with Gasteiger partial charge in [-0.25, -0.2) is 9.59 Å². The Hall–Kier alpha value is -1.83. The van der Waals surface area contributed by atoms with Gasteiger partial charge in [0.2, 0.25) is 5.91 Å². The van der Waals surface area contributed by atoms with Crippen LogP contribution in [0.3, 0.4) is 0 Å². The molecule has 2 aliphatic rings. The van der Waals surface area contributed by atoms with Gasteiger partial charge in [0.25, 0.3) is 0 Å². The van der Waals surface area contributed by atoms with Crippen LogP contribution in [0.25, 0.3) is 0 Å². The first-order valence-electron chi connectivity index (χ1n) is 9.65. The highest BCUT2D eigenvalue weighted by Crippen LogP contribution is 2.65. The molecule has 1 aliphatic heterocycles. The van der Waals surface area contributed by atoms with E-state index in [1.165, 1.54) is 12.0 Å². The van der Waals surface area contributed by atoms with E-state index in [1.54, 1.807) is 34.6 Å². The average Bonchev–Trinajstić information content (AvgIpc) is 2.89. The summed E-state index contributed by atoms with van der Waals surface area (Å²) in [4.78, 5) is 39.1. The summed E-state index contributed by atoms with van der Waals surface area (Å²) in [7, 11) is 1.52. The molecule has 4 atom stereocenters. The van der Waals surface area contributed by atoms with Crippen LogP contribution in [0.1, 0.15) is 48.5 Å². The van der Waals surface area contributed by atoms with Crippen LogP contribution in [0.15, 0.2) is 0 Å². The van der Waals surface area contributed by atoms with E-state index >= 15 is 0 Å². The lowest BCUT2D eigenvalue weighted by atomic mass is 9.83. The van der Waals surface area contributed by atoms with Gasteiger partial charge in [-0.1, -0.05) is 27.7 Å². The van der Waals surface area contributed by atoms with Crippen LogP contribution in [0.5, 0.6) is 0 Å². The number of methoxy groups -OCH3 is 1. The van der Waals surface area contributed by atoms with Crippen LogP contribution >= 0.6 is 0 Å². The number of nitrogens with one attached hydrogen (secondary N) is 1. The first-order valence-corrected chi connectivity index (χ1v) is 9.65. The second-order valence-corrected chi connectivity index (χ2v) is 10.2. The average molecular weight is 399 g/mol. The van der Waals surface area contributed by atoms with Crippen LogP contribution < -0.4 is 5.32 Å². The summed E-state index contributed by atoms with van der Waals surface area (Å²) in [5, 5.41) is 12.4. The van der Waals surface area contributed by atoms with Gasteiger partial charge in [-0.15, -0.1) is 0 Å². The number of carboxylic acids is 1. The van der Waals surface area contributed by atoms with Crippen molar-refractivity contribution in [3.63, 3.8) is 0 Å². The lowest BCUT2D eigenvalue weighted by molar-refractivity contribution is -0.152. The Morgan fingerprint density at radius 3 is 2.25 bits per heavy atom. The summed E-state index contributed by atoms with van der Waals surface area (Å²) in [6.07, 6.45) is -0.716. The number of fused-ring (bicyclic) bond motifs is 1. The number of alkyl carbamates (subject to hydrolysis) is 1. The molecule has 1 saturated heterocycles. The fraction of sp³-hybridized carbons (Fsp3) is 0.850. The number of carbonyl (C=O) groups excluding carboxylic acids is 2. The highest BCUT2D eigenvalue weighted by molar-refractivity contribution is 5.91. The van der Waals surface area contributed by atoms with Crippen LogP contribution in [0, 0.1) is 22.7 Å². The van der Waals surface area contributed by atoms with E-state index < -0.39 is 41.1 Å². The third kappa shape index (κ3) is 4.26. The molecule has 0 aromatic carbocycles. The predicted molar refractivity (Wildman–Crippen MR) is 103 cm³/mol. The molecule has 2 fully saturated rings. The molecule has 2 amide bonds. The number of nitrogens with zero attached hydrogens (tertiary/aromatic N) is 1. The largest absolute Gasteiger partial charge is 0.480 e. The van der Waals surface area contributed by atoms with Gasteiger partial charge in [-0.3, -0.25) is 4.79 Å². The molecule has 0 aromatic heterocycles. The maximum absolute atomic E-state index is 13.4. The van der Waals surface area contributed by atoms with E-state index in [-0.39, 0.29) is 23.9 Å². The maximum Gasteiger partial charge on any atom is 0.408 e. The van der Waals surface area contributed by atoms with Gasteiger partial charge in [-0.05, 0) is 32.1 Å². The molecule has 8 heteroatoms. The Morgan fingerprint density at radius 1 is 1.21 bits per heavy atom. The van der Waals surface area contributed by atoms with Crippen molar-refractivity contribution in [2.75, 3.05) is 20.3 Å². The smallest absolute Gasteiger partial charge is 0.408 e. The number of rotatable bonds is 6. The Kier molecular flexibility index (Phi) is 5.78. The third-order valence-corrected chi connectivity index (χ3v) is 5.95. The highest BCUT2D eigenvalue weighted by atomic mass is 16.6. The van der Waals surface area contributed by atoms with Gasteiger partial charge in [0.15, 0.2) is 0 Å². The topological polar surface area (TPSA) is 105 Å². The van der Waals surface area contributed by atoms with E-state index in [0.29, 0.717) is 6.54 Å². The van der Waals surface area contributed by atoms with E-state index in [1.807, 2.05) is 13.8 Å². The molecular formula is C20H34N2O6. The molecule has 1 saturated carbocycles. The molecular weight excluding hydrogens is 364 g/mol. The number of aliphatic carboxylic acids is 1. The standard InChI is InChI=1S/C20H34N2O6/c1-18(2,3)28-17(26)21-14(19(4,5)10-27-8)15(23)22-9-11-12(20(11,6)7)13(22)16(24)25/h11-14H,9-10H2,1-8H3,(H,21,26)(H,24,25)/t11-,12-,13-,14+/m0/s1. The van der Waals surface area contributed by atoms with Gasteiger partial charge in [0, 0.05) is 25.0 Å². The van der Waals surface area contributed by atoms with Crippen molar-refractivity contribution in [2.24, 2.45) is 22.7 Å². The van der Waals surface area contributed by atoms with Crippen molar-refractivity contribution < 1.29 is 29.0 Å². The van der Waals surface area contributed by atoms with Gasteiger partial charge in [0.05, 0.1) is 6.61 Å². The quantitative estimate of drug-likeness (QED) is 0.710. The Bertz CT molecular complexity index is 652. The zero-order chi connectivity index (χ0) is 21.7. The first-order chi connectivity index (χ1) is 12.6. The van der Waals surface area contributed by atoms with Gasteiger partial charge >= 0.3 is 12.1 Å². The zero-order valence-electron chi connectivity index (χ0n) is 18.2. The second-order valence-electron chi connectivity index (χ2n) is 10.2. The second kappa shape index (κ2) is 7.21. The van der Waals surface area contributed by atoms with Gasteiger partial charge in [-0.2, -0.15) is 0 Å². The monoisotopic (exact) mass is 398 g/mol. The molecule has 0 aromatic rings. The fourth-order valence-corrected chi connectivity index (χ4v) is 4.43. The summed E-state index contributed by atoms with van der Waals surface area (Å²) in [5.41, 5.74) is -1.56. The minimum absolute atomic E-state index is 0.0679. The summed E-state index contributed by atoms with van der Waals surface area (Å²) >= 11 is 0. The number of ether oxygens (including phenoxy) is 2. The minimum atomic E-state index is -1.01. The van der Waals surface area contributed by atoms with Crippen LogP contribution in [-0.2, 0) is 19.1 Å². The molecule has 8 nitrogen and oxygen atoms in total. The molecule has 1 aliphatic carbocycles. The fourth-order valence-electron chi connectivity index (χ4n) is 4.43. The zero-order valence-corrected chi connectivity index (χ0v) is 18.2. The third-order valence-electron chi connectivity index (χ3n) is 5.95. The van der Waals surface area contributed by atoms with Crippen molar-refractivity contribution in [3.8, 4) is 0 Å². The van der Waals surface area contributed by atoms with Crippen LogP contribution in [-0.4, -0.2) is 65.9 Å². The lowest BCUT2D eigenvalue weighted by Crippen LogP contribution is -2.60. The number of hydrogen-bond acceptors (Lipinski definition) is 5. The van der Waals surface area contributed by atoms with Gasteiger partial charge < -0.3 is 24.8 Å². The molecule has 2 N–H and O–H groups in total. The number of carbonyl (C=O) groups is 3. The number of amides is 2. The van der Waals surface area contributed by atoms with E-state index in [2.05, 4.69) is 5.32 Å². The summed E-state index contributed by atoms with van der Waals surface area (Å²) in [5.74, 6) is -1.33. The number of hydrogen-bond donors (Lipinski definition) is 2. The Morgan fingerprint density at radius 2 is 1.79 bits per heavy atom. The Labute approximate surface area is 166 Å². The maximum atomic E-state index is 13.4. The van der Waals surface area contributed by atoms with E-state index in [4.69, 9.17) is 9.47 Å².